The summed E-state index contributed by atoms with van der Waals surface area (Å²) >= 11 is 0. The van der Waals surface area contributed by atoms with Crippen molar-refractivity contribution in [1.29, 1.82) is 0 Å². The van der Waals surface area contributed by atoms with Crippen molar-refractivity contribution in [2.24, 2.45) is 5.73 Å². The molecule has 2 aromatic heterocycles. The van der Waals surface area contributed by atoms with Gasteiger partial charge in [0.25, 0.3) is 0 Å². The largest absolute Gasteiger partial charge is 0.444 e. The van der Waals surface area contributed by atoms with Crippen LogP contribution in [0.25, 0.3) is 10.9 Å². The van der Waals surface area contributed by atoms with E-state index in [4.69, 9.17) is 10.2 Å². The first-order valence-electron chi connectivity index (χ1n) is 5.99. The molecule has 1 unspecified atom stereocenters. The van der Waals surface area contributed by atoms with Crippen LogP contribution in [0.15, 0.2) is 41.1 Å². The van der Waals surface area contributed by atoms with Crippen LogP contribution in [0.5, 0.6) is 0 Å². The summed E-state index contributed by atoms with van der Waals surface area (Å²) in [4.78, 5) is 7.43. The number of hydrogen-bond acceptors (Lipinski definition) is 3. The average molecular weight is 241 g/mol. The van der Waals surface area contributed by atoms with Crippen LogP contribution in [0.1, 0.15) is 30.2 Å². The van der Waals surface area contributed by atoms with Crippen LogP contribution in [0, 0.1) is 0 Å². The number of para-hydroxylation sites is 1. The highest BCUT2D eigenvalue weighted by molar-refractivity contribution is 5.83. The third-order valence-electron chi connectivity index (χ3n) is 3.00. The van der Waals surface area contributed by atoms with E-state index in [2.05, 4.69) is 22.1 Å². The number of oxazole rings is 1. The van der Waals surface area contributed by atoms with Crippen molar-refractivity contribution in [1.82, 2.24) is 9.97 Å². The zero-order valence-corrected chi connectivity index (χ0v) is 10.2. The molecule has 0 radical (unpaired) electrons. The minimum Gasteiger partial charge on any atom is -0.444 e. The van der Waals surface area contributed by atoms with Gasteiger partial charge in [0, 0.05) is 23.5 Å². The van der Waals surface area contributed by atoms with Crippen molar-refractivity contribution < 1.29 is 4.42 Å². The summed E-state index contributed by atoms with van der Waals surface area (Å²) in [6.45, 7) is 1.86. The lowest BCUT2D eigenvalue weighted by Crippen LogP contribution is -2.04. The second kappa shape index (κ2) is 4.31. The molecule has 0 spiro atoms. The molecular weight excluding hydrogens is 226 g/mol. The van der Waals surface area contributed by atoms with Crippen molar-refractivity contribution in [3.05, 3.63) is 53.9 Å². The molecule has 4 nitrogen and oxygen atoms in total. The minimum absolute atomic E-state index is 0.165. The molecule has 0 saturated carbocycles. The molecule has 2 heterocycles. The Kier molecular flexibility index (Phi) is 2.64. The fourth-order valence-electron chi connectivity index (χ4n) is 2.08. The van der Waals surface area contributed by atoms with E-state index in [9.17, 15) is 0 Å². The highest BCUT2D eigenvalue weighted by Crippen LogP contribution is 2.21. The average Bonchev–Trinajstić information content (AvgIpc) is 2.98. The molecule has 0 aliphatic rings. The Balaban J connectivity index is 1.91. The summed E-state index contributed by atoms with van der Waals surface area (Å²) in [5.41, 5.74) is 8.07. The number of aromatic nitrogens is 2. The van der Waals surface area contributed by atoms with E-state index < -0.39 is 0 Å². The summed E-state index contributed by atoms with van der Waals surface area (Å²) in [6, 6.07) is 8.05. The third kappa shape index (κ3) is 1.91. The van der Waals surface area contributed by atoms with Gasteiger partial charge in [0.15, 0.2) is 0 Å². The quantitative estimate of drug-likeness (QED) is 0.740. The third-order valence-corrected chi connectivity index (χ3v) is 3.00. The maximum Gasteiger partial charge on any atom is 0.211 e. The van der Waals surface area contributed by atoms with Gasteiger partial charge in [-0.05, 0) is 18.6 Å². The molecule has 0 amide bonds. The number of H-pyrrole nitrogens is 1. The first-order valence-corrected chi connectivity index (χ1v) is 5.99. The zero-order valence-electron chi connectivity index (χ0n) is 10.2. The Bertz CT molecular complexity index is 666. The monoisotopic (exact) mass is 241 g/mol. The number of nitrogens with one attached hydrogen (secondary N) is 1. The number of benzene rings is 1. The molecule has 0 aliphatic carbocycles. The SMILES string of the molecule is CC(N)c1ncc(Cc2c[nH]c3ccccc23)o1. The predicted molar refractivity (Wildman–Crippen MR) is 70.2 cm³/mol. The van der Waals surface area contributed by atoms with Crippen LogP contribution >= 0.6 is 0 Å². The molecule has 3 aromatic rings. The van der Waals surface area contributed by atoms with Gasteiger partial charge in [-0.15, -0.1) is 0 Å². The van der Waals surface area contributed by atoms with Crippen LogP contribution in [-0.4, -0.2) is 9.97 Å². The lowest BCUT2D eigenvalue weighted by molar-refractivity contribution is 0.436. The van der Waals surface area contributed by atoms with Crippen LogP contribution in [0.4, 0.5) is 0 Å². The molecule has 1 atom stereocenters. The van der Waals surface area contributed by atoms with Gasteiger partial charge in [-0.3, -0.25) is 0 Å². The van der Waals surface area contributed by atoms with Crippen molar-refractivity contribution >= 4 is 10.9 Å². The smallest absolute Gasteiger partial charge is 0.211 e. The Hall–Kier alpha value is -2.07. The second-order valence-corrected chi connectivity index (χ2v) is 4.49. The summed E-state index contributed by atoms with van der Waals surface area (Å²) in [5, 5.41) is 1.22. The summed E-state index contributed by atoms with van der Waals surface area (Å²) in [5.74, 6) is 1.43. The fourth-order valence-corrected chi connectivity index (χ4v) is 2.08. The van der Waals surface area contributed by atoms with Crippen LogP contribution in [0.3, 0.4) is 0 Å². The molecule has 0 bridgehead atoms. The molecule has 92 valence electrons. The molecule has 0 aliphatic heterocycles. The van der Waals surface area contributed by atoms with Crippen molar-refractivity contribution in [3.63, 3.8) is 0 Å². The fraction of sp³-hybridized carbons (Fsp3) is 0.214. The Morgan fingerprint density at radius 2 is 2.22 bits per heavy atom. The number of hydrogen-bond donors (Lipinski definition) is 2. The van der Waals surface area contributed by atoms with E-state index in [0.717, 1.165) is 17.7 Å². The molecule has 0 saturated heterocycles. The topological polar surface area (TPSA) is 67.8 Å². The van der Waals surface area contributed by atoms with E-state index in [1.165, 1.54) is 10.9 Å². The Morgan fingerprint density at radius 3 is 3.00 bits per heavy atom. The van der Waals surface area contributed by atoms with E-state index in [1.54, 1.807) is 6.20 Å². The molecule has 3 rings (SSSR count). The molecular formula is C14H15N3O. The number of fused-ring (bicyclic) bond motifs is 1. The van der Waals surface area contributed by atoms with Crippen molar-refractivity contribution in [3.8, 4) is 0 Å². The number of rotatable bonds is 3. The van der Waals surface area contributed by atoms with Crippen LogP contribution < -0.4 is 5.73 Å². The first kappa shape index (κ1) is 11.0. The van der Waals surface area contributed by atoms with Gasteiger partial charge in [0.1, 0.15) is 5.76 Å². The lowest BCUT2D eigenvalue weighted by Gasteiger charge is -1.98. The standard InChI is InChI=1S/C14H15N3O/c1-9(15)14-17-8-11(18-14)6-10-7-16-13-5-3-2-4-12(10)13/h2-5,7-9,16H,6,15H2,1H3. The zero-order chi connectivity index (χ0) is 12.5. The lowest BCUT2D eigenvalue weighted by atomic mass is 10.1. The molecule has 4 heteroatoms. The Morgan fingerprint density at radius 1 is 1.39 bits per heavy atom. The van der Waals surface area contributed by atoms with Gasteiger partial charge in [0.05, 0.1) is 12.2 Å². The predicted octanol–water partition coefficient (Wildman–Crippen LogP) is 2.77. The second-order valence-electron chi connectivity index (χ2n) is 4.49. The summed E-state index contributed by atoms with van der Waals surface area (Å²) < 4.78 is 5.62. The molecule has 1 aromatic carbocycles. The summed E-state index contributed by atoms with van der Waals surface area (Å²) in [7, 11) is 0. The highest BCUT2D eigenvalue weighted by atomic mass is 16.4. The van der Waals surface area contributed by atoms with E-state index >= 15 is 0 Å². The van der Waals surface area contributed by atoms with Gasteiger partial charge in [-0.2, -0.15) is 0 Å². The highest BCUT2D eigenvalue weighted by Gasteiger charge is 2.10. The van der Waals surface area contributed by atoms with Gasteiger partial charge in [0.2, 0.25) is 5.89 Å². The maximum absolute atomic E-state index is 5.73. The Labute approximate surface area is 105 Å². The van der Waals surface area contributed by atoms with Crippen LogP contribution in [-0.2, 0) is 6.42 Å². The van der Waals surface area contributed by atoms with E-state index in [-0.39, 0.29) is 6.04 Å². The molecule has 0 fully saturated rings. The first-order chi connectivity index (χ1) is 8.74. The van der Waals surface area contributed by atoms with Gasteiger partial charge in [-0.25, -0.2) is 4.98 Å². The minimum atomic E-state index is -0.165. The van der Waals surface area contributed by atoms with Gasteiger partial charge < -0.3 is 15.1 Å². The van der Waals surface area contributed by atoms with Crippen molar-refractivity contribution in [2.45, 2.75) is 19.4 Å². The van der Waals surface area contributed by atoms with Gasteiger partial charge in [-0.1, -0.05) is 18.2 Å². The van der Waals surface area contributed by atoms with Crippen LogP contribution in [0.2, 0.25) is 0 Å². The normalized spacial score (nSPS) is 13.0. The van der Waals surface area contributed by atoms with E-state index in [1.807, 2.05) is 25.3 Å². The number of nitrogens with two attached hydrogens (primary N) is 1. The number of aromatic amines is 1. The van der Waals surface area contributed by atoms with E-state index in [0.29, 0.717) is 5.89 Å². The maximum atomic E-state index is 5.73. The molecule has 3 N–H and O–H groups in total. The summed E-state index contributed by atoms with van der Waals surface area (Å²) in [6.07, 6.45) is 4.49. The van der Waals surface area contributed by atoms with Crippen molar-refractivity contribution in [2.75, 3.05) is 0 Å². The van der Waals surface area contributed by atoms with Gasteiger partial charge >= 0.3 is 0 Å². The number of nitrogens with zero attached hydrogens (tertiary/aromatic N) is 1. The molecule has 18 heavy (non-hydrogen) atoms.